The number of aryl methyl sites for hydroxylation is 1. The van der Waals surface area contributed by atoms with Crippen molar-refractivity contribution in [3.8, 4) is 0 Å². The Labute approximate surface area is 314 Å². The summed E-state index contributed by atoms with van der Waals surface area (Å²) < 4.78 is 15.4. The standard InChI is InChI=1S/C40H39FN8O6/c1-2-23-16-31-32(45-36(23)51)15-22(19-42-31)21-47-11-7-24(8-12-47)25-3-4-30(43-20-25)37(52)44-26-9-13-48(14-10-26)34-18-28-27(17-29(34)41)39(54)49(40(28)55)33-5-6-35(50)46-38(33)53/h3-4,7,15-20,26,33H,2,5-6,8-14,21H2,1H3,(H,44,52)(H,45,51)(H,46,50,53). The van der Waals surface area contributed by atoms with Crippen LogP contribution >= 0.6 is 0 Å². The van der Waals surface area contributed by atoms with E-state index < -0.39 is 35.5 Å². The van der Waals surface area contributed by atoms with E-state index in [4.69, 9.17) is 0 Å². The van der Waals surface area contributed by atoms with Crippen LogP contribution in [0.25, 0.3) is 16.6 Å². The summed E-state index contributed by atoms with van der Waals surface area (Å²) in [6, 6.07) is 8.55. The fourth-order valence-corrected chi connectivity index (χ4v) is 7.85. The molecule has 0 radical (unpaired) electrons. The van der Waals surface area contributed by atoms with Crippen molar-refractivity contribution in [2.75, 3.05) is 31.1 Å². The summed E-state index contributed by atoms with van der Waals surface area (Å²) in [4.78, 5) is 92.6. The van der Waals surface area contributed by atoms with Crippen LogP contribution in [0.5, 0.6) is 0 Å². The van der Waals surface area contributed by atoms with Gasteiger partial charge in [-0.3, -0.25) is 53.9 Å². The van der Waals surface area contributed by atoms with Crippen molar-refractivity contribution in [1.82, 2.24) is 35.4 Å². The van der Waals surface area contributed by atoms with Gasteiger partial charge >= 0.3 is 0 Å². The zero-order valence-corrected chi connectivity index (χ0v) is 30.2. The summed E-state index contributed by atoms with van der Waals surface area (Å²) in [5.41, 5.74) is 5.67. The van der Waals surface area contributed by atoms with Crippen LogP contribution in [-0.4, -0.2) is 92.6 Å². The minimum Gasteiger partial charge on any atom is -0.369 e. The van der Waals surface area contributed by atoms with Crippen LogP contribution in [0.4, 0.5) is 10.1 Å². The third-order valence-electron chi connectivity index (χ3n) is 11.0. The van der Waals surface area contributed by atoms with Crippen LogP contribution in [0.2, 0.25) is 0 Å². The van der Waals surface area contributed by atoms with E-state index in [-0.39, 0.29) is 47.2 Å². The number of piperidine rings is 2. The van der Waals surface area contributed by atoms with Crippen LogP contribution in [0.1, 0.15) is 86.9 Å². The Hall–Kier alpha value is -6.09. The molecule has 1 unspecified atom stereocenters. The highest BCUT2D eigenvalue weighted by Crippen LogP contribution is 2.34. The number of benzene rings is 1. The first-order valence-corrected chi connectivity index (χ1v) is 18.6. The zero-order chi connectivity index (χ0) is 38.4. The maximum atomic E-state index is 15.4. The first-order chi connectivity index (χ1) is 26.6. The van der Waals surface area contributed by atoms with E-state index in [0.29, 0.717) is 44.6 Å². The SMILES string of the molecule is CCc1cc2ncc(CN3CC=C(c4ccc(C(=O)NC5CCN(c6cc7c(cc6F)C(=O)N(C6CCC(=O)NC6=O)C7=O)CC5)nc4)CC3)cc2[nH]c1=O. The maximum absolute atomic E-state index is 15.4. The lowest BCUT2D eigenvalue weighted by molar-refractivity contribution is -0.136. The van der Waals surface area contributed by atoms with Gasteiger partial charge in [0.15, 0.2) is 0 Å². The van der Waals surface area contributed by atoms with Gasteiger partial charge in [0.25, 0.3) is 23.3 Å². The van der Waals surface area contributed by atoms with Gasteiger partial charge in [0.1, 0.15) is 17.6 Å². The van der Waals surface area contributed by atoms with E-state index in [1.807, 2.05) is 31.3 Å². The molecule has 1 atom stereocenters. The third-order valence-corrected chi connectivity index (χ3v) is 11.0. The number of hydrogen-bond donors (Lipinski definition) is 3. The minimum atomic E-state index is -1.13. The third kappa shape index (κ3) is 7.02. The van der Waals surface area contributed by atoms with Gasteiger partial charge in [-0.05, 0) is 79.1 Å². The molecule has 55 heavy (non-hydrogen) atoms. The number of H-pyrrole nitrogens is 1. The molecule has 4 aliphatic rings. The molecule has 15 heteroatoms. The van der Waals surface area contributed by atoms with Crippen molar-refractivity contribution in [2.24, 2.45) is 0 Å². The first kappa shape index (κ1) is 35.9. The zero-order valence-electron chi connectivity index (χ0n) is 30.2. The van der Waals surface area contributed by atoms with E-state index in [2.05, 4.69) is 36.6 Å². The highest BCUT2D eigenvalue weighted by atomic mass is 19.1. The number of carbonyl (C=O) groups excluding carboxylic acids is 5. The Morgan fingerprint density at radius 2 is 1.71 bits per heavy atom. The van der Waals surface area contributed by atoms with Crippen LogP contribution in [0, 0.1) is 5.82 Å². The number of nitrogens with one attached hydrogen (secondary N) is 3. The highest BCUT2D eigenvalue weighted by Gasteiger charge is 2.45. The normalized spacial score (nSPS) is 19.5. The monoisotopic (exact) mass is 746 g/mol. The van der Waals surface area contributed by atoms with E-state index in [0.717, 1.165) is 63.8 Å². The second-order valence-electron chi connectivity index (χ2n) is 14.4. The molecule has 282 valence electrons. The van der Waals surface area contributed by atoms with E-state index >= 15 is 4.39 Å². The highest BCUT2D eigenvalue weighted by molar-refractivity contribution is 6.23. The quantitative estimate of drug-likeness (QED) is 0.227. The fourth-order valence-electron chi connectivity index (χ4n) is 7.85. The van der Waals surface area contributed by atoms with Gasteiger partial charge < -0.3 is 15.2 Å². The molecular formula is C40H39FN8O6. The van der Waals surface area contributed by atoms with Crippen molar-refractivity contribution in [3.63, 3.8) is 0 Å². The second-order valence-corrected chi connectivity index (χ2v) is 14.4. The first-order valence-electron chi connectivity index (χ1n) is 18.6. The Morgan fingerprint density at radius 1 is 0.927 bits per heavy atom. The molecule has 0 saturated carbocycles. The van der Waals surface area contributed by atoms with Crippen LogP contribution in [-0.2, 0) is 22.6 Å². The topological polar surface area (TPSA) is 178 Å². The molecule has 0 aliphatic carbocycles. The van der Waals surface area contributed by atoms with Crippen molar-refractivity contribution in [3.05, 3.63) is 105 Å². The maximum Gasteiger partial charge on any atom is 0.270 e. The second kappa shape index (κ2) is 14.6. The van der Waals surface area contributed by atoms with Gasteiger partial charge in [0.2, 0.25) is 11.8 Å². The molecule has 3 N–H and O–H groups in total. The minimum absolute atomic E-state index is 0.00661. The van der Waals surface area contributed by atoms with Gasteiger partial charge in [-0.15, -0.1) is 0 Å². The largest absolute Gasteiger partial charge is 0.369 e. The molecule has 2 fully saturated rings. The molecule has 0 spiro atoms. The molecule has 0 bridgehead atoms. The van der Waals surface area contributed by atoms with Crippen molar-refractivity contribution < 1.29 is 28.4 Å². The lowest BCUT2D eigenvalue weighted by atomic mass is 10.00. The van der Waals surface area contributed by atoms with Gasteiger partial charge in [0.05, 0.1) is 27.8 Å². The number of imide groups is 2. The van der Waals surface area contributed by atoms with Crippen LogP contribution in [0.15, 0.2) is 59.7 Å². The number of nitrogens with zero attached hydrogens (tertiary/aromatic N) is 5. The van der Waals surface area contributed by atoms with E-state index in [9.17, 15) is 28.8 Å². The predicted molar refractivity (Wildman–Crippen MR) is 200 cm³/mol. The molecule has 3 aromatic heterocycles. The molecule has 2 saturated heterocycles. The van der Waals surface area contributed by atoms with Gasteiger partial charge in [-0.1, -0.05) is 19.1 Å². The summed E-state index contributed by atoms with van der Waals surface area (Å²) in [6.07, 6.45) is 8.27. The van der Waals surface area contributed by atoms with Crippen molar-refractivity contribution in [2.45, 2.75) is 64.1 Å². The predicted octanol–water partition coefficient (Wildman–Crippen LogP) is 3.11. The van der Waals surface area contributed by atoms with Crippen LogP contribution in [0.3, 0.4) is 0 Å². The number of pyridine rings is 3. The number of carbonyl (C=O) groups is 5. The Kier molecular flexibility index (Phi) is 9.55. The fraction of sp³-hybridized carbons (Fsp3) is 0.350. The number of rotatable bonds is 8. The summed E-state index contributed by atoms with van der Waals surface area (Å²) >= 11 is 0. The van der Waals surface area contributed by atoms with Gasteiger partial charge in [-0.25, -0.2) is 4.39 Å². The Balaban J connectivity index is 0.839. The number of amides is 5. The summed E-state index contributed by atoms with van der Waals surface area (Å²) in [5, 5.41) is 5.19. The lowest BCUT2D eigenvalue weighted by Gasteiger charge is -2.34. The van der Waals surface area contributed by atoms with E-state index in [1.165, 1.54) is 6.07 Å². The molecule has 5 amide bonds. The summed E-state index contributed by atoms with van der Waals surface area (Å²) in [7, 11) is 0. The number of anilines is 1. The summed E-state index contributed by atoms with van der Waals surface area (Å²) in [6.45, 7) is 5.02. The van der Waals surface area contributed by atoms with Crippen molar-refractivity contribution in [1.29, 1.82) is 0 Å². The van der Waals surface area contributed by atoms with Gasteiger partial charge in [-0.2, -0.15) is 0 Å². The number of hydrogen-bond acceptors (Lipinski definition) is 10. The molecule has 7 heterocycles. The smallest absolute Gasteiger partial charge is 0.270 e. The molecule has 8 rings (SSSR count). The number of aromatic nitrogens is 3. The molecule has 4 aliphatic heterocycles. The lowest BCUT2D eigenvalue weighted by Crippen LogP contribution is -2.54. The Morgan fingerprint density at radius 3 is 2.40 bits per heavy atom. The van der Waals surface area contributed by atoms with Crippen molar-refractivity contribution >= 4 is 51.8 Å². The number of halogens is 1. The van der Waals surface area contributed by atoms with Gasteiger partial charge in [0, 0.05) is 63.1 Å². The number of aromatic amines is 1. The Bertz CT molecular complexity index is 2350. The molecule has 14 nitrogen and oxygen atoms in total. The molecule has 1 aromatic carbocycles. The number of fused-ring (bicyclic) bond motifs is 2. The summed E-state index contributed by atoms with van der Waals surface area (Å²) in [5.74, 6) is -3.62. The molecular weight excluding hydrogens is 707 g/mol. The van der Waals surface area contributed by atoms with E-state index in [1.54, 1.807) is 17.2 Å². The molecule has 4 aromatic rings. The van der Waals surface area contributed by atoms with Crippen LogP contribution < -0.4 is 21.1 Å². The average molecular weight is 747 g/mol. The average Bonchev–Trinajstić information content (AvgIpc) is 3.42.